The van der Waals surface area contributed by atoms with Crippen molar-refractivity contribution in [2.75, 3.05) is 12.0 Å². The first-order valence-electron chi connectivity index (χ1n) is 12.1. The maximum atomic E-state index is 13.4. The Labute approximate surface area is 231 Å². The molecule has 1 N–H and O–H groups in total. The maximum Gasteiger partial charge on any atom is 0.270 e. The number of benzene rings is 4. The van der Waals surface area contributed by atoms with Gasteiger partial charge < -0.3 is 14.2 Å². The molecule has 1 fully saturated rings. The minimum atomic E-state index is -0.575. The Balaban J connectivity index is 1.35. The lowest BCUT2D eigenvalue weighted by Gasteiger charge is -2.29. The van der Waals surface area contributed by atoms with Gasteiger partial charge in [0.2, 0.25) is 0 Å². The molecule has 194 valence electrons. The van der Waals surface area contributed by atoms with E-state index in [1.54, 1.807) is 42.5 Å². The summed E-state index contributed by atoms with van der Waals surface area (Å²) < 4.78 is 17.2. The van der Waals surface area contributed by atoms with Gasteiger partial charge in [-0.15, -0.1) is 0 Å². The third kappa shape index (κ3) is 5.97. The second kappa shape index (κ2) is 11.6. The molecule has 1 heterocycles. The van der Waals surface area contributed by atoms with Crippen molar-refractivity contribution >= 4 is 40.9 Å². The lowest BCUT2D eigenvalue weighted by Crippen LogP contribution is -2.54. The van der Waals surface area contributed by atoms with Crippen LogP contribution in [-0.2, 0) is 16.2 Å². The van der Waals surface area contributed by atoms with Crippen molar-refractivity contribution < 1.29 is 23.8 Å². The maximum absolute atomic E-state index is 13.4. The van der Waals surface area contributed by atoms with Crippen molar-refractivity contribution in [2.45, 2.75) is 6.61 Å². The third-order valence-corrected chi connectivity index (χ3v) is 6.20. The molecule has 0 saturated carbocycles. The number of nitrogens with one attached hydrogen (secondary N) is 1. The number of carbonyl (C=O) groups is 2. The summed E-state index contributed by atoms with van der Waals surface area (Å²) in [7, 11) is 1.53. The quantitative estimate of drug-likeness (QED) is 0.172. The standard InChI is InChI=1S/C31H24N2O5S/c1-36-28-19-22(12-17-27(28)37-20-21-8-4-2-5-9-21)18-26-29(34)32-31(39)33(30(26)35)23-13-15-25(16-14-23)38-24-10-6-3-7-11-24/h2-19H,20H2,1H3,(H,32,34,39)/b26-18+. The van der Waals surface area contributed by atoms with Gasteiger partial charge in [-0.1, -0.05) is 54.6 Å². The highest BCUT2D eigenvalue weighted by molar-refractivity contribution is 7.80. The highest BCUT2D eigenvalue weighted by Crippen LogP contribution is 2.31. The molecule has 0 atom stereocenters. The van der Waals surface area contributed by atoms with E-state index in [0.29, 0.717) is 40.9 Å². The lowest BCUT2D eigenvalue weighted by atomic mass is 10.1. The summed E-state index contributed by atoms with van der Waals surface area (Å²) in [5.74, 6) is 1.20. The van der Waals surface area contributed by atoms with Gasteiger partial charge in [0.15, 0.2) is 16.6 Å². The number of carbonyl (C=O) groups excluding carboxylic acids is 2. The Morgan fingerprint density at radius 3 is 2.18 bits per heavy atom. The molecule has 0 radical (unpaired) electrons. The zero-order chi connectivity index (χ0) is 27.2. The van der Waals surface area contributed by atoms with Crippen LogP contribution in [0.15, 0.2) is 109 Å². The summed E-state index contributed by atoms with van der Waals surface area (Å²) in [5.41, 5.74) is 2.05. The molecule has 1 aliphatic rings. The van der Waals surface area contributed by atoms with Crippen LogP contribution in [-0.4, -0.2) is 24.0 Å². The molecular weight excluding hydrogens is 512 g/mol. The summed E-state index contributed by atoms with van der Waals surface area (Å²) in [6.07, 6.45) is 1.50. The summed E-state index contributed by atoms with van der Waals surface area (Å²) in [5, 5.41) is 2.60. The van der Waals surface area contributed by atoms with E-state index in [9.17, 15) is 9.59 Å². The van der Waals surface area contributed by atoms with Crippen LogP contribution in [0.1, 0.15) is 11.1 Å². The molecule has 0 spiro atoms. The smallest absolute Gasteiger partial charge is 0.270 e. The van der Waals surface area contributed by atoms with Crippen molar-refractivity contribution in [3.8, 4) is 23.0 Å². The Bertz CT molecular complexity index is 1540. The SMILES string of the molecule is COc1cc(/C=C2\C(=O)NC(=S)N(c3ccc(Oc4ccccc4)cc3)C2=O)ccc1OCc1ccccc1. The van der Waals surface area contributed by atoms with Crippen molar-refractivity contribution in [3.63, 3.8) is 0 Å². The summed E-state index contributed by atoms with van der Waals surface area (Å²) in [4.78, 5) is 27.5. The van der Waals surface area contributed by atoms with Gasteiger partial charge in [-0.05, 0) is 78.0 Å². The van der Waals surface area contributed by atoms with Gasteiger partial charge in [-0.25, -0.2) is 0 Å². The zero-order valence-corrected chi connectivity index (χ0v) is 21.8. The van der Waals surface area contributed by atoms with Gasteiger partial charge in [0.25, 0.3) is 11.8 Å². The molecule has 4 aromatic rings. The molecule has 39 heavy (non-hydrogen) atoms. The molecule has 1 saturated heterocycles. The van der Waals surface area contributed by atoms with Crippen LogP contribution in [0.4, 0.5) is 5.69 Å². The van der Waals surface area contributed by atoms with Gasteiger partial charge in [0.05, 0.1) is 12.8 Å². The van der Waals surface area contributed by atoms with Crippen LogP contribution in [0.5, 0.6) is 23.0 Å². The molecule has 5 rings (SSSR count). The predicted molar refractivity (Wildman–Crippen MR) is 153 cm³/mol. The minimum absolute atomic E-state index is 0.00104. The lowest BCUT2D eigenvalue weighted by molar-refractivity contribution is -0.122. The van der Waals surface area contributed by atoms with E-state index in [-0.39, 0.29) is 10.7 Å². The van der Waals surface area contributed by atoms with E-state index in [4.69, 9.17) is 26.4 Å². The zero-order valence-electron chi connectivity index (χ0n) is 21.0. The molecule has 7 nitrogen and oxygen atoms in total. The number of thiocarbonyl (C=S) groups is 1. The van der Waals surface area contributed by atoms with E-state index < -0.39 is 11.8 Å². The van der Waals surface area contributed by atoms with E-state index >= 15 is 0 Å². The van der Waals surface area contributed by atoms with E-state index in [1.165, 1.54) is 18.1 Å². The van der Waals surface area contributed by atoms with Gasteiger partial charge >= 0.3 is 0 Å². The average molecular weight is 537 g/mol. The normalized spacial score (nSPS) is 14.2. The highest BCUT2D eigenvalue weighted by Gasteiger charge is 2.34. The van der Waals surface area contributed by atoms with Crippen LogP contribution in [0, 0.1) is 0 Å². The Hall–Kier alpha value is -4.95. The Kier molecular flexibility index (Phi) is 7.65. The average Bonchev–Trinajstić information content (AvgIpc) is 2.96. The van der Waals surface area contributed by atoms with Crippen molar-refractivity contribution in [2.24, 2.45) is 0 Å². The van der Waals surface area contributed by atoms with Crippen LogP contribution >= 0.6 is 12.2 Å². The van der Waals surface area contributed by atoms with Crippen molar-refractivity contribution in [1.82, 2.24) is 5.32 Å². The molecular formula is C31H24N2O5S. The molecule has 0 aromatic heterocycles. The van der Waals surface area contributed by atoms with Gasteiger partial charge in [0, 0.05) is 0 Å². The summed E-state index contributed by atoms with van der Waals surface area (Å²) >= 11 is 5.32. The third-order valence-electron chi connectivity index (χ3n) is 5.91. The van der Waals surface area contributed by atoms with Crippen LogP contribution in [0.25, 0.3) is 6.08 Å². The fraction of sp³-hybridized carbons (Fsp3) is 0.0645. The van der Waals surface area contributed by atoms with E-state index in [0.717, 1.165) is 5.56 Å². The molecule has 0 unspecified atom stereocenters. The number of anilines is 1. The van der Waals surface area contributed by atoms with Crippen LogP contribution < -0.4 is 24.4 Å². The van der Waals surface area contributed by atoms with Crippen LogP contribution in [0.3, 0.4) is 0 Å². The molecule has 0 aliphatic carbocycles. The second-order valence-corrected chi connectivity index (χ2v) is 8.94. The van der Waals surface area contributed by atoms with Crippen molar-refractivity contribution in [1.29, 1.82) is 0 Å². The molecule has 1 aliphatic heterocycles. The number of hydrogen-bond acceptors (Lipinski definition) is 6. The number of ether oxygens (including phenoxy) is 3. The topological polar surface area (TPSA) is 77.1 Å². The van der Waals surface area contributed by atoms with E-state index in [1.807, 2.05) is 60.7 Å². The number of rotatable bonds is 8. The largest absolute Gasteiger partial charge is 0.493 e. The van der Waals surface area contributed by atoms with Gasteiger partial charge in [-0.3, -0.25) is 19.8 Å². The number of amides is 2. The number of nitrogens with zero attached hydrogens (tertiary/aromatic N) is 1. The minimum Gasteiger partial charge on any atom is -0.493 e. The first-order valence-corrected chi connectivity index (χ1v) is 12.5. The Morgan fingerprint density at radius 1 is 0.821 bits per heavy atom. The Morgan fingerprint density at radius 2 is 1.49 bits per heavy atom. The summed E-state index contributed by atoms with van der Waals surface area (Å²) in [6.45, 7) is 0.375. The van der Waals surface area contributed by atoms with Crippen molar-refractivity contribution in [3.05, 3.63) is 120 Å². The number of para-hydroxylation sites is 1. The predicted octanol–water partition coefficient (Wildman–Crippen LogP) is 5.90. The van der Waals surface area contributed by atoms with Gasteiger partial charge in [-0.2, -0.15) is 0 Å². The second-order valence-electron chi connectivity index (χ2n) is 8.55. The molecule has 4 aromatic carbocycles. The number of hydrogen-bond donors (Lipinski definition) is 1. The molecule has 8 heteroatoms. The first kappa shape index (κ1) is 25.7. The fourth-order valence-electron chi connectivity index (χ4n) is 3.98. The van der Waals surface area contributed by atoms with Crippen LogP contribution in [0.2, 0.25) is 0 Å². The summed E-state index contributed by atoms with van der Waals surface area (Å²) in [6, 6.07) is 31.2. The first-order chi connectivity index (χ1) is 19.0. The monoisotopic (exact) mass is 536 g/mol. The van der Waals surface area contributed by atoms with E-state index in [2.05, 4.69) is 5.32 Å². The number of methoxy groups -OCH3 is 1. The molecule has 2 amide bonds. The fourth-order valence-corrected chi connectivity index (χ4v) is 4.26. The highest BCUT2D eigenvalue weighted by atomic mass is 32.1. The van der Waals surface area contributed by atoms with Gasteiger partial charge in [0.1, 0.15) is 23.7 Å². The molecule has 0 bridgehead atoms.